The first-order valence-electron chi connectivity index (χ1n) is 10.4. The topological polar surface area (TPSA) is 36.5 Å². The maximum Gasteiger partial charge on any atom is 0.130 e. The summed E-state index contributed by atoms with van der Waals surface area (Å²) >= 11 is 0. The molecule has 2 N–H and O–H groups in total. The van der Waals surface area contributed by atoms with E-state index >= 15 is 0 Å². The number of nitrogens with one attached hydrogen (secondary N) is 2. The van der Waals surface area contributed by atoms with E-state index in [2.05, 4.69) is 15.5 Å². The van der Waals surface area contributed by atoms with Crippen molar-refractivity contribution in [2.75, 3.05) is 32.8 Å². The van der Waals surface area contributed by atoms with Gasteiger partial charge in [0.15, 0.2) is 0 Å². The fraction of sp³-hybridized carbons (Fsp3) is 0.714. The highest BCUT2D eigenvalue weighted by Gasteiger charge is 2.36. The monoisotopic (exact) mass is 415 g/mol. The third-order valence-electron chi connectivity index (χ3n) is 6.44. The van der Waals surface area contributed by atoms with E-state index in [1.807, 2.05) is 0 Å². The number of nitrogens with zero attached hydrogens (tertiary/aromatic N) is 1. The van der Waals surface area contributed by atoms with E-state index in [0.717, 1.165) is 45.7 Å². The summed E-state index contributed by atoms with van der Waals surface area (Å²) in [4.78, 5) is 2.19. The molecule has 1 aliphatic carbocycles. The van der Waals surface area contributed by atoms with Gasteiger partial charge in [-0.25, -0.2) is 8.78 Å². The number of morpholine rings is 1. The molecule has 28 heavy (non-hydrogen) atoms. The molecule has 0 spiro atoms. The van der Waals surface area contributed by atoms with E-state index < -0.39 is 11.6 Å². The first kappa shape index (κ1) is 21.9. The number of ether oxygens (including phenoxy) is 1. The lowest BCUT2D eigenvalue weighted by molar-refractivity contribution is 0.0502. The summed E-state index contributed by atoms with van der Waals surface area (Å²) < 4.78 is 33.6. The molecule has 1 saturated carbocycles. The summed E-state index contributed by atoms with van der Waals surface area (Å²) in [6, 6.07) is 5.48. The molecular weight excluding hydrogens is 384 g/mol. The second-order valence-corrected chi connectivity index (χ2v) is 8.28. The molecule has 0 radical (unpaired) electrons. The third-order valence-corrected chi connectivity index (χ3v) is 6.44. The fourth-order valence-corrected chi connectivity index (χ4v) is 5.08. The number of halogens is 3. The summed E-state index contributed by atoms with van der Waals surface area (Å²) in [6.07, 6.45) is 5.91. The van der Waals surface area contributed by atoms with E-state index in [1.54, 1.807) is 0 Å². The van der Waals surface area contributed by atoms with Gasteiger partial charge in [-0.3, -0.25) is 4.90 Å². The van der Waals surface area contributed by atoms with Gasteiger partial charge in [0.25, 0.3) is 0 Å². The normalized spacial score (nSPS) is 31.5. The molecule has 7 heteroatoms. The summed E-state index contributed by atoms with van der Waals surface area (Å²) in [6.45, 7) is 4.67. The second kappa shape index (κ2) is 10.3. The van der Waals surface area contributed by atoms with Crippen LogP contribution in [-0.2, 0) is 11.3 Å². The van der Waals surface area contributed by atoms with E-state index in [0.29, 0.717) is 30.6 Å². The van der Waals surface area contributed by atoms with Gasteiger partial charge in [0, 0.05) is 43.3 Å². The Morgan fingerprint density at radius 1 is 1.14 bits per heavy atom. The molecule has 2 heterocycles. The predicted molar refractivity (Wildman–Crippen MR) is 109 cm³/mol. The highest BCUT2D eigenvalue weighted by molar-refractivity contribution is 5.85. The van der Waals surface area contributed by atoms with Gasteiger partial charge >= 0.3 is 0 Å². The van der Waals surface area contributed by atoms with Crippen LogP contribution in [0.5, 0.6) is 0 Å². The van der Waals surface area contributed by atoms with E-state index in [4.69, 9.17) is 4.74 Å². The number of hydrogen-bond acceptors (Lipinski definition) is 4. The van der Waals surface area contributed by atoms with Gasteiger partial charge in [0.1, 0.15) is 11.6 Å². The van der Waals surface area contributed by atoms with Crippen LogP contribution in [0.4, 0.5) is 8.78 Å². The molecule has 1 aromatic carbocycles. The molecule has 0 amide bonds. The quantitative estimate of drug-likeness (QED) is 0.774. The van der Waals surface area contributed by atoms with Crippen molar-refractivity contribution in [2.45, 2.75) is 56.8 Å². The van der Waals surface area contributed by atoms with Crippen LogP contribution in [0, 0.1) is 17.6 Å². The Bertz CT molecular complexity index is 609. The van der Waals surface area contributed by atoms with Crippen molar-refractivity contribution in [3.8, 4) is 0 Å². The Kier molecular flexibility index (Phi) is 8.06. The maximum absolute atomic E-state index is 14.0. The van der Waals surface area contributed by atoms with Crippen LogP contribution in [0.15, 0.2) is 18.2 Å². The van der Waals surface area contributed by atoms with Crippen LogP contribution in [0.1, 0.15) is 37.7 Å². The first-order valence-corrected chi connectivity index (χ1v) is 10.4. The lowest BCUT2D eigenvalue weighted by atomic mass is 9.92. The highest BCUT2D eigenvalue weighted by atomic mass is 35.5. The second-order valence-electron chi connectivity index (χ2n) is 8.28. The minimum Gasteiger partial charge on any atom is -0.379 e. The zero-order valence-electron chi connectivity index (χ0n) is 16.3. The minimum absolute atomic E-state index is 0. The largest absolute Gasteiger partial charge is 0.379 e. The molecular formula is C21H32ClF2N3O. The Hall–Kier alpha value is -0.790. The van der Waals surface area contributed by atoms with Crippen LogP contribution in [0.2, 0.25) is 0 Å². The van der Waals surface area contributed by atoms with Gasteiger partial charge < -0.3 is 15.4 Å². The molecule has 3 fully saturated rings. The van der Waals surface area contributed by atoms with Crippen molar-refractivity contribution in [3.63, 3.8) is 0 Å². The van der Waals surface area contributed by atoms with Crippen molar-refractivity contribution >= 4 is 12.4 Å². The van der Waals surface area contributed by atoms with E-state index in [1.165, 1.54) is 37.5 Å². The van der Waals surface area contributed by atoms with Crippen LogP contribution in [0.25, 0.3) is 0 Å². The summed E-state index contributed by atoms with van der Waals surface area (Å²) in [7, 11) is 0. The van der Waals surface area contributed by atoms with Gasteiger partial charge in [-0.2, -0.15) is 0 Å². The van der Waals surface area contributed by atoms with Gasteiger partial charge in [-0.1, -0.05) is 12.5 Å². The average molecular weight is 416 g/mol. The Balaban J connectivity index is 0.00000225. The van der Waals surface area contributed by atoms with Gasteiger partial charge in [-0.15, -0.1) is 12.4 Å². The van der Waals surface area contributed by atoms with Crippen LogP contribution in [-0.4, -0.2) is 55.9 Å². The number of likely N-dealkylation sites (tertiary alicyclic amines) is 1. The van der Waals surface area contributed by atoms with Crippen molar-refractivity contribution in [1.29, 1.82) is 0 Å². The number of benzene rings is 1. The highest BCUT2D eigenvalue weighted by Crippen LogP contribution is 2.30. The molecule has 1 aromatic rings. The molecule has 3 aliphatic rings. The van der Waals surface area contributed by atoms with Crippen molar-refractivity contribution in [2.24, 2.45) is 5.92 Å². The minimum atomic E-state index is -0.440. The van der Waals surface area contributed by atoms with Gasteiger partial charge in [0.05, 0.1) is 13.2 Å². The molecule has 4 atom stereocenters. The summed E-state index contributed by atoms with van der Waals surface area (Å²) in [5.41, 5.74) is 0.195. The molecule has 4 nitrogen and oxygen atoms in total. The zero-order valence-corrected chi connectivity index (χ0v) is 17.2. The molecule has 0 aromatic heterocycles. The lowest BCUT2D eigenvalue weighted by Crippen LogP contribution is -2.55. The van der Waals surface area contributed by atoms with Gasteiger partial charge in [0.2, 0.25) is 0 Å². The number of hydrogen-bond donors (Lipinski definition) is 2. The number of rotatable bonds is 5. The van der Waals surface area contributed by atoms with E-state index in [-0.39, 0.29) is 18.0 Å². The molecule has 0 bridgehead atoms. The first-order chi connectivity index (χ1) is 13.2. The predicted octanol–water partition coefficient (Wildman–Crippen LogP) is 3.10. The summed E-state index contributed by atoms with van der Waals surface area (Å²) in [5.74, 6) is -0.265. The van der Waals surface area contributed by atoms with E-state index in [9.17, 15) is 8.78 Å². The molecule has 4 unspecified atom stereocenters. The maximum atomic E-state index is 14.0. The fourth-order valence-electron chi connectivity index (χ4n) is 5.08. The van der Waals surface area contributed by atoms with Crippen molar-refractivity contribution in [1.82, 2.24) is 15.5 Å². The standard InChI is InChI=1S/C21H31F2N3O.ClH/c22-18-6-2-7-19(23)17(18)13-26-10-3-4-15(12-26)25-20-8-1-5-16(20)21-14-27-11-9-24-21;/h2,6-7,15-16,20-21,24-25H,1,3-5,8-14H2;1H. The Labute approximate surface area is 172 Å². The lowest BCUT2D eigenvalue weighted by Gasteiger charge is -2.38. The van der Waals surface area contributed by atoms with Crippen molar-refractivity contribution in [3.05, 3.63) is 35.4 Å². The number of piperidine rings is 1. The Morgan fingerprint density at radius 2 is 1.96 bits per heavy atom. The van der Waals surface area contributed by atoms with Crippen LogP contribution < -0.4 is 10.6 Å². The molecule has 158 valence electrons. The summed E-state index contributed by atoms with van der Waals surface area (Å²) in [5, 5.41) is 7.51. The van der Waals surface area contributed by atoms with Crippen LogP contribution >= 0.6 is 12.4 Å². The SMILES string of the molecule is Cl.Fc1cccc(F)c1CN1CCCC(NC2CCCC2C2COCCN2)C1. The molecule has 2 saturated heterocycles. The smallest absolute Gasteiger partial charge is 0.130 e. The van der Waals surface area contributed by atoms with Crippen LogP contribution in [0.3, 0.4) is 0 Å². The third kappa shape index (κ3) is 5.22. The zero-order chi connectivity index (χ0) is 18.6. The molecule has 2 aliphatic heterocycles. The average Bonchev–Trinajstić information content (AvgIpc) is 3.14. The van der Waals surface area contributed by atoms with Gasteiger partial charge in [-0.05, 0) is 50.3 Å². The molecule has 4 rings (SSSR count). The Morgan fingerprint density at radius 3 is 2.71 bits per heavy atom. The van der Waals surface area contributed by atoms with Crippen molar-refractivity contribution < 1.29 is 13.5 Å².